The van der Waals surface area contributed by atoms with Gasteiger partial charge in [-0.25, -0.2) is 4.39 Å². The minimum atomic E-state index is -0.153. The zero-order valence-electron chi connectivity index (χ0n) is 15.4. The summed E-state index contributed by atoms with van der Waals surface area (Å²) in [5.74, 6) is -0.149. The molecule has 0 aliphatic carbocycles. The number of rotatable bonds is 5. The van der Waals surface area contributed by atoms with Gasteiger partial charge in [-0.2, -0.15) is 0 Å². The van der Waals surface area contributed by atoms with Crippen LogP contribution in [-0.4, -0.2) is 48.4 Å². The third-order valence-electron chi connectivity index (χ3n) is 5.01. The molecule has 2 aromatic carbocycles. The molecule has 1 aliphatic rings. The number of amides is 1. The van der Waals surface area contributed by atoms with E-state index < -0.39 is 0 Å². The fourth-order valence-corrected chi connectivity index (χ4v) is 3.36. The average molecular weight is 355 g/mol. The van der Waals surface area contributed by atoms with Crippen LogP contribution < -0.4 is 5.32 Å². The highest BCUT2D eigenvalue weighted by Crippen LogP contribution is 2.23. The van der Waals surface area contributed by atoms with E-state index in [1.54, 1.807) is 6.07 Å². The molecule has 1 N–H and O–H groups in total. The summed E-state index contributed by atoms with van der Waals surface area (Å²) in [4.78, 5) is 16.6. The largest absolute Gasteiger partial charge is 0.325 e. The fourth-order valence-electron chi connectivity index (χ4n) is 3.36. The number of anilines is 1. The normalized spacial score (nSPS) is 17.0. The molecule has 26 heavy (non-hydrogen) atoms. The van der Waals surface area contributed by atoms with Crippen molar-refractivity contribution in [1.29, 1.82) is 0 Å². The number of aryl methyl sites for hydroxylation is 1. The van der Waals surface area contributed by atoms with E-state index in [1.807, 2.05) is 50.2 Å². The van der Waals surface area contributed by atoms with Gasteiger partial charge < -0.3 is 5.32 Å². The van der Waals surface area contributed by atoms with Crippen LogP contribution in [0.25, 0.3) is 0 Å². The fraction of sp³-hybridized carbons (Fsp3) is 0.381. The number of carbonyl (C=O) groups excluding carboxylic acids is 1. The first-order valence-electron chi connectivity index (χ1n) is 9.10. The Kier molecular flexibility index (Phi) is 6.01. The second-order valence-corrected chi connectivity index (χ2v) is 6.92. The van der Waals surface area contributed by atoms with E-state index in [4.69, 9.17) is 0 Å². The topological polar surface area (TPSA) is 35.6 Å². The lowest BCUT2D eigenvalue weighted by Crippen LogP contribution is -2.49. The maximum absolute atomic E-state index is 14.0. The molecule has 0 aromatic heterocycles. The second-order valence-electron chi connectivity index (χ2n) is 6.92. The van der Waals surface area contributed by atoms with Crippen molar-refractivity contribution in [3.8, 4) is 0 Å². The van der Waals surface area contributed by atoms with Gasteiger partial charge in [-0.1, -0.05) is 35.9 Å². The van der Waals surface area contributed by atoms with Gasteiger partial charge in [0.2, 0.25) is 5.91 Å². The molecule has 1 atom stereocenters. The molecule has 1 aliphatic heterocycles. The van der Waals surface area contributed by atoms with Crippen LogP contribution in [0, 0.1) is 12.7 Å². The monoisotopic (exact) mass is 355 g/mol. The van der Waals surface area contributed by atoms with Crippen LogP contribution in [0.3, 0.4) is 0 Å². The lowest BCUT2D eigenvalue weighted by molar-refractivity contribution is -0.117. The van der Waals surface area contributed by atoms with Crippen LogP contribution in [-0.2, 0) is 4.79 Å². The number of benzene rings is 2. The molecule has 0 bridgehead atoms. The highest BCUT2D eigenvalue weighted by atomic mass is 19.1. The molecule has 1 fully saturated rings. The predicted octanol–water partition coefficient (Wildman–Crippen LogP) is 3.45. The highest BCUT2D eigenvalue weighted by Gasteiger charge is 2.24. The Labute approximate surface area is 154 Å². The van der Waals surface area contributed by atoms with Crippen LogP contribution in [0.2, 0.25) is 0 Å². The van der Waals surface area contributed by atoms with E-state index in [-0.39, 0.29) is 17.8 Å². The SMILES string of the molecule is Cc1ccc(NC(=O)CN2CCN(C(C)c3ccccc3F)CC2)cc1. The summed E-state index contributed by atoms with van der Waals surface area (Å²) in [6, 6.07) is 14.8. The van der Waals surface area contributed by atoms with Crippen LogP contribution >= 0.6 is 0 Å². The molecule has 1 saturated heterocycles. The number of hydrogen-bond acceptors (Lipinski definition) is 3. The van der Waals surface area contributed by atoms with Crippen molar-refractivity contribution in [3.05, 3.63) is 65.5 Å². The summed E-state index contributed by atoms with van der Waals surface area (Å²) in [6.45, 7) is 7.71. The summed E-state index contributed by atoms with van der Waals surface area (Å²) in [7, 11) is 0. The third kappa shape index (κ3) is 4.68. The van der Waals surface area contributed by atoms with Gasteiger partial charge in [-0.05, 0) is 32.0 Å². The molecule has 0 saturated carbocycles. The first kappa shape index (κ1) is 18.5. The third-order valence-corrected chi connectivity index (χ3v) is 5.01. The molecular weight excluding hydrogens is 329 g/mol. The Morgan fingerprint density at radius 2 is 1.73 bits per heavy atom. The number of hydrogen-bond donors (Lipinski definition) is 1. The van der Waals surface area contributed by atoms with Gasteiger partial charge in [0.05, 0.1) is 6.54 Å². The molecule has 4 nitrogen and oxygen atoms in total. The maximum Gasteiger partial charge on any atom is 0.238 e. The van der Waals surface area contributed by atoms with Crippen LogP contribution in [0.15, 0.2) is 48.5 Å². The van der Waals surface area contributed by atoms with Crippen LogP contribution in [0.4, 0.5) is 10.1 Å². The second kappa shape index (κ2) is 8.43. The minimum Gasteiger partial charge on any atom is -0.325 e. The number of nitrogens with one attached hydrogen (secondary N) is 1. The molecule has 0 spiro atoms. The van der Waals surface area contributed by atoms with Crippen molar-refractivity contribution in [2.24, 2.45) is 0 Å². The van der Waals surface area contributed by atoms with Crippen LogP contribution in [0.1, 0.15) is 24.1 Å². The van der Waals surface area contributed by atoms with Crippen molar-refractivity contribution in [2.75, 3.05) is 38.0 Å². The van der Waals surface area contributed by atoms with Gasteiger partial charge >= 0.3 is 0 Å². The van der Waals surface area contributed by atoms with Gasteiger partial charge in [0.25, 0.3) is 0 Å². The molecule has 3 rings (SSSR count). The minimum absolute atomic E-state index is 0.00413. The maximum atomic E-state index is 14.0. The number of carbonyl (C=O) groups is 1. The molecule has 1 unspecified atom stereocenters. The Hall–Kier alpha value is -2.24. The van der Waals surface area contributed by atoms with Gasteiger partial charge in [0.1, 0.15) is 5.82 Å². The smallest absolute Gasteiger partial charge is 0.238 e. The van der Waals surface area contributed by atoms with E-state index in [1.165, 1.54) is 11.6 Å². The lowest BCUT2D eigenvalue weighted by atomic mass is 10.1. The summed E-state index contributed by atoms with van der Waals surface area (Å²) < 4.78 is 14.0. The Morgan fingerprint density at radius 1 is 1.08 bits per heavy atom. The quantitative estimate of drug-likeness (QED) is 0.892. The van der Waals surface area contributed by atoms with E-state index in [0.717, 1.165) is 37.4 Å². The van der Waals surface area contributed by atoms with Gasteiger partial charge in [-0.3, -0.25) is 14.6 Å². The van der Waals surface area contributed by atoms with Crippen molar-refractivity contribution >= 4 is 11.6 Å². The van der Waals surface area contributed by atoms with Crippen molar-refractivity contribution < 1.29 is 9.18 Å². The molecule has 138 valence electrons. The van der Waals surface area contributed by atoms with Crippen LogP contribution in [0.5, 0.6) is 0 Å². The predicted molar refractivity (Wildman–Crippen MR) is 103 cm³/mol. The Balaban J connectivity index is 1.48. The number of nitrogens with zero attached hydrogens (tertiary/aromatic N) is 2. The Morgan fingerprint density at radius 3 is 2.38 bits per heavy atom. The number of halogens is 1. The van der Waals surface area contributed by atoms with Crippen molar-refractivity contribution in [3.63, 3.8) is 0 Å². The standard InChI is InChI=1S/C21H26FN3O/c1-16-7-9-18(10-8-16)23-21(26)15-24-11-13-25(14-12-24)17(2)19-5-3-4-6-20(19)22/h3-10,17H,11-15H2,1-2H3,(H,23,26). The molecule has 1 amide bonds. The first-order valence-corrected chi connectivity index (χ1v) is 9.10. The zero-order valence-corrected chi connectivity index (χ0v) is 15.4. The number of piperazine rings is 1. The van der Waals surface area contributed by atoms with Gasteiger partial charge in [0.15, 0.2) is 0 Å². The lowest BCUT2D eigenvalue weighted by Gasteiger charge is -2.38. The van der Waals surface area contributed by atoms with E-state index in [0.29, 0.717) is 6.54 Å². The molecule has 2 aromatic rings. The summed E-state index contributed by atoms with van der Waals surface area (Å²) in [5, 5.41) is 2.94. The molecule has 0 radical (unpaired) electrons. The van der Waals surface area contributed by atoms with Crippen molar-refractivity contribution in [2.45, 2.75) is 19.9 Å². The van der Waals surface area contributed by atoms with Gasteiger partial charge in [0, 0.05) is 43.5 Å². The van der Waals surface area contributed by atoms with Gasteiger partial charge in [-0.15, -0.1) is 0 Å². The highest BCUT2D eigenvalue weighted by molar-refractivity contribution is 5.92. The molecule has 5 heteroatoms. The summed E-state index contributed by atoms with van der Waals surface area (Å²) in [5.41, 5.74) is 2.73. The Bertz CT molecular complexity index is 739. The van der Waals surface area contributed by atoms with E-state index in [9.17, 15) is 9.18 Å². The summed E-state index contributed by atoms with van der Waals surface area (Å²) in [6.07, 6.45) is 0. The first-order chi connectivity index (χ1) is 12.5. The molecule has 1 heterocycles. The van der Waals surface area contributed by atoms with E-state index >= 15 is 0 Å². The van der Waals surface area contributed by atoms with E-state index in [2.05, 4.69) is 15.1 Å². The molecular formula is C21H26FN3O. The average Bonchev–Trinajstić information content (AvgIpc) is 2.64. The van der Waals surface area contributed by atoms with Crippen molar-refractivity contribution in [1.82, 2.24) is 9.80 Å². The summed E-state index contributed by atoms with van der Waals surface area (Å²) >= 11 is 0. The zero-order chi connectivity index (χ0) is 18.5.